The molecular formula is C24H30N3O7P. The monoisotopic (exact) mass is 503 g/mol. The van der Waals surface area contributed by atoms with Gasteiger partial charge in [-0.2, -0.15) is 0 Å². The predicted octanol–water partition coefficient (Wildman–Crippen LogP) is 3.30. The van der Waals surface area contributed by atoms with Crippen molar-refractivity contribution < 1.29 is 35.1 Å². The molecule has 35 heavy (non-hydrogen) atoms. The molecule has 2 aromatic rings. The van der Waals surface area contributed by atoms with Crippen LogP contribution in [0.5, 0.6) is 11.5 Å². The molecule has 4 heterocycles. The first-order valence-corrected chi connectivity index (χ1v) is 12.9. The molecule has 4 aliphatic rings. The molecule has 1 N–H and O–H groups in total. The first-order chi connectivity index (χ1) is 17.0. The van der Waals surface area contributed by atoms with E-state index in [0.717, 1.165) is 68.0 Å². The zero-order chi connectivity index (χ0) is 24.4. The van der Waals surface area contributed by atoms with E-state index in [1.165, 1.54) is 12.8 Å². The largest absolute Gasteiger partial charge is 0.565 e. The van der Waals surface area contributed by atoms with Gasteiger partial charge in [0.15, 0.2) is 11.5 Å². The van der Waals surface area contributed by atoms with Gasteiger partial charge in [0, 0.05) is 31.0 Å². The molecule has 2 fully saturated rings. The minimum absolute atomic E-state index is 0. The van der Waals surface area contributed by atoms with Crippen LogP contribution in [0.2, 0.25) is 0 Å². The number of hydrogen-bond acceptors (Lipinski definition) is 9. The second-order valence-corrected chi connectivity index (χ2v) is 9.98. The third kappa shape index (κ3) is 5.03. The van der Waals surface area contributed by atoms with Crippen molar-refractivity contribution in [2.75, 3.05) is 26.4 Å². The highest BCUT2D eigenvalue weighted by atomic mass is 31.1. The number of carbonyl (C=O) groups is 1. The molecule has 1 saturated carbocycles. The Kier molecular flexibility index (Phi) is 7.00. The van der Waals surface area contributed by atoms with Gasteiger partial charge in [0.05, 0.1) is 11.2 Å². The number of benzene rings is 1. The van der Waals surface area contributed by atoms with Gasteiger partial charge >= 0.3 is 8.25 Å². The fourth-order valence-corrected chi connectivity index (χ4v) is 5.43. The van der Waals surface area contributed by atoms with Crippen LogP contribution in [0.25, 0.3) is 0 Å². The number of likely N-dealkylation sites (tertiary alicyclic amines) is 1. The molecular weight excluding hydrogens is 473 g/mol. The quantitative estimate of drug-likeness (QED) is 0.359. The lowest BCUT2D eigenvalue weighted by Gasteiger charge is -2.33. The van der Waals surface area contributed by atoms with Gasteiger partial charge in [-0.1, -0.05) is 6.07 Å². The van der Waals surface area contributed by atoms with E-state index in [1.807, 2.05) is 18.3 Å². The Hall–Kier alpha value is -2.62. The number of hydrogen-bond donors (Lipinski definition) is 1. The minimum atomic E-state index is -3.04. The molecule has 3 aliphatic heterocycles. The summed E-state index contributed by atoms with van der Waals surface area (Å²) >= 11 is 0. The lowest BCUT2D eigenvalue weighted by molar-refractivity contribution is -0.244. The fraction of sp³-hybridized carbons (Fsp3) is 0.500. The molecule has 0 radical (unpaired) electrons. The van der Waals surface area contributed by atoms with Crippen LogP contribution in [0, 0.1) is 5.92 Å². The summed E-state index contributed by atoms with van der Waals surface area (Å²) in [5.41, 5.74) is 3.04. The first kappa shape index (κ1) is 24.1. The van der Waals surface area contributed by atoms with Gasteiger partial charge < -0.3 is 19.3 Å². The Morgan fingerprint density at radius 1 is 1.23 bits per heavy atom. The topological polar surface area (TPSA) is 124 Å². The Morgan fingerprint density at radius 3 is 2.57 bits per heavy atom. The standard InChI is InChI=1S/C24H27N3O3.HO4P.H2/c28-23-19-13-21-22(30-16-29-21)14-20(19)24(7-8-24)27(23)12-6-17-4-10-26(11-5-17)15-18-3-1-2-9-25-18;1-4-5(2)3;/h1-3,9,13-14,17H,4-8,10-12,15-16H2;1H;1H. The predicted molar refractivity (Wildman–Crippen MR) is 125 cm³/mol. The van der Waals surface area contributed by atoms with Gasteiger partial charge in [0.2, 0.25) is 6.79 Å². The van der Waals surface area contributed by atoms with Crippen molar-refractivity contribution in [1.82, 2.24) is 14.8 Å². The summed E-state index contributed by atoms with van der Waals surface area (Å²) in [4.78, 5) is 31.2. The van der Waals surface area contributed by atoms with E-state index in [4.69, 9.17) is 24.2 Å². The molecule has 1 unspecified atom stereocenters. The average Bonchev–Trinajstić information content (AvgIpc) is 3.48. The van der Waals surface area contributed by atoms with E-state index < -0.39 is 8.25 Å². The summed E-state index contributed by atoms with van der Waals surface area (Å²) in [5, 5.41) is 7.05. The molecule has 1 aromatic heterocycles. The van der Waals surface area contributed by atoms with Crippen LogP contribution >= 0.6 is 8.25 Å². The summed E-state index contributed by atoms with van der Waals surface area (Å²) in [6, 6.07) is 10.1. The van der Waals surface area contributed by atoms with Crippen molar-refractivity contribution in [1.29, 1.82) is 0 Å². The molecule has 11 heteroatoms. The lowest BCUT2D eigenvalue weighted by atomic mass is 9.93. The lowest BCUT2D eigenvalue weighted by Crippen LogP contribution is -2.38. The summed E-state index contributed by atoms with van der Waals surface area (Å²) < 4.78 is 22.7. The van der Waals surface area contributed by atoms with Crippen molar-refractivity contribution in [3.8, 4) is 11.5 Å². The molecule has 6 rings (SSSR count). The van der Waals surface area contributed by atoms with Crippen molar-refractivity contribution in [2.45, 2.75) is 44.2 Å². The molecule has 188 valence electrons. The smallest absolute Gasteiger partial charge is 0.521 e. The number of nitrogens with zero attached hydrogens (tertiary/aromatic N) is 3. The Balaban J connectivity index is 0.000000465. The molecule has 1 saturated heterocycles. The number of rotatable bonds is 6. The number of ether oxygens (including phenoxy) is 2. The molecule has 1 aromatic carbocycles. The fourth-order valence-electron chi connectivity index (χ4n) is 5.43. The van der Waals surface area contributed by atoms with Crippen molar-refractivity contribution in [3.63, 3.8) is 0 Å². The normalized spacial score (nSPS) is 20.5. The maximum atomic E-state index is 13.2. The van der Waals surface area contributed by atoms with E-state index in [2.05, 4.69) is 37.7 Å². The SMILES string of the molecule is O=C1c2cc3c(cc2C2(CC2)N1CCC1CCN(Cc2ccccn2)CC1)OCO3.O=[P+]([O-])OO.[HH]. The van der Waals surface area contributed by atoms with Crippen LogP contribution in [0.3, 0.4) is 0 Å². The van der Waals surface area contributed by atoms with Gasteiger partial charge in [-0.05, 0) is 85.5 Å². The van der Waals surface area contributed by atoms with E-state index in [0.29, 0.717) is 11.7 Å². The van der Waals surface area contributed by atoms with Crippen LogP contribution in [0.1, 0.15) is 55.1 Å². The van der Waals surface area contributed by atoms with E-state index in [9.17, 15) is 4.79 Å². The zero-order valence-corrected chi connectivity index (χ0v) is 20.2. The van der Waals surface area contributed by atoms with Crippen molar-refractivity contribution >= 4 is 14.2 Å². The number of carbonyl (C=O) groups excluding carboxylic acids is 1. The Morgan fingerprint density at radius 2 is 1.94 bits per heavy atom. The molecule has 1 spiro atoms. The molecule has 1 aliphatic carbocycles. The summed E-state index contributed by atoms with van der Waals surface area (Å²) in [6.07, 6.45) is 7.48. The second kappa shape index (κ2) is 10.2. The van der Waals surface area contributed by atoms with Crippen molar-refractivity contribution in [3.05, 3.63) is 53.3 Å². The van der Waals surface area contributed by atoms with Gasteiger partial charge in [-0.3, -0.25) is 14.7 Å². The first-order valence-electron chi connectivity index (χ1n) is 11.8. The molecule has 1 atom stereocenters. The summed E-state index contributed by atoms with van der Waals surface area (Å²) in [5.74, 6) is 2.36. The number of aromatic nitrogens is 1. The highest BCUT2D eigenvalue weighted by molar-refractivity contribution is 7.30. The molecule has 10 nitrogen and oxygen atoms in total. The van der Waals surface area contributed by atoms with E-state index >= 15 is 0 Å². The number of amides is 1. The summed E-state index contributed by atoms with van der Waals surface area (Å²) in [6.45, 7) is 4.27. The third-order valence-electron chi connectivity index (χ3n) is 7.38. The van der Waals surface area contributed by atoms with E-state index in [-0.39, 0.29) is 19.7 Å². The van der Waals surface area contributed by atoms with Crippen LogP contribution < -0.4 is 14.4 Å². The number of fused-ring (bicyclic) bond motifs is 3. The highest BCUT2D eigenvalue weighted by Gasteiger charge is 2.58. The maximum Gasteiger partial charge on any atom is 0.521 e. The van der Waals surface area contributed by atoms with Crippen molar-refractivity contribution in [2.24, 2.45) is 5.92 Å². The van der Waals surface area contributed by atoms with E-state index in [1.54, 1.807) is 0 Å². The van der Waals surface area contributed by atoms with Gasteiger partial charge in [-0.15, -0.1) is 0 Å². The Labute approximate surface area is 205 Å². The van der Waals surface area contributed by atoms with Crippen LogP contribution in [0.15, 0.2) is 36.5 Å². The summed E-state index contributed by atoms with van der Waals surface area (Å²) in [7, 11) is -3.04. The molecule has 1 amide bonds. The average molecular weight is 503 g/mol. The van der Waals surface area contributed by atoms with Crippen LogP contribution in [-0.4, -0.2) is 52.4 Å². The second-order valence-electron chi connectivity index (χ2n) is 9.37. The minimum Gasteiger partial charge on any atom is -0.565 e. The number of pyridine rings is 1. The Bertz CT molecular complexity index is 1090. The van der Waals surface area contributed by atoms with Crippen LogP contribution in [-0.2, 0) is 21.3 Å². The highest BCUT2D eigenvalue weighted by Crippen LogP contribution is 2.58. The van der Waals surface area contributed by atoms with Crippen LogP contribution in [0.4, 0.5) is 0 Å². The van der Waals surface area contributed by atoms with Gasteiger partial charge in [-0.25, -0.2) is 5.26 Å². The number of piperidine rings is 1. The zero-order valence-electron chi connectivity index (χ0n) is 19.3. The third-order valence-corrected chi connectivity index (χ3v) is 7.51. The van der Waals surface area contributed by atoms with Gasteiger partial charge in [0.1, 0.15) is 0 Å². The molecule has 0 bridgehead atoms. The maximum absolute atomic E-state index is 13.2. The van der Waals surface area contributed by atoms with Gasteiger partial charge in [0.25, 0.3) is 5.91 Å².